The second-order valence-corrected chi connectivity index (χ2v) is 6.08. The van der Waals surface area contributed by atoms with Crippen molar-refractivity contribution in [1.82, 2.24) is 9.55 Å². The molecule has 0 aliphatic heterocycles. The topological polar surface area (TPSA) is 103 Å². The van der Waals surface area contributed by atoms with E-state index in [1.54, 1.807) is 20.8 Å². The smallest absolute Gasteiger partial charge is 0.434 e. The van der Waals surface area contributed by atoms with Gasteiger partial charge in [0.05, 0.1) is 18.5 Å². The van der Waals surface area contributed by atoms with Crippen LogP contribution in [0.25, 0.3) is 0 Å². The largest absolute Gasteiger partial charge is 0.463 e. The number of carbonyl (C=O) groups is 2. The first kappa shape index (κ1) is 20.7. The minimum Gasteiger partial charge on any atom is -0.463 e. The zero-order valence-electron chi connectivity index (χ0n) is 14.4. The Labute approximate surface area is 141 Å². The molecule has 0 spiro atoms. The van der Waals surface area contributed by atoms with Crippen LogP contribution in [0.3, 0.4) is 0 Å². The summed E-state index contributed by atoms with van der Waals surface area (Å²) < 4.78 is 50.0. The molecule has 0 aliphatic carbocycles. The molecule has 1 aromatic rings. The van der Waals surface area contributed by atoms with E-state index in [-0.39, 0.29) is 12.6 Å². The van der Waals surface area contributed by atoms with E-state index in [0.717, 1.165) is 7.05 Å². The fraction of sp³-hybridized carbons (Fsp3) is 0.643. The van der Waals surface area contributed by atoms with Crippen molar-refractivity contribution in [2.24, 2.45) is 7.05 Å². The molecule has 1 amide bonds. The third-order valence-corrected chi connectivity index (χ3v) is 2.95. The summed E-state index contributed by atoms with van der Waals surface area (Å²) in [7, 11) is 1.09. The van der Waals surface area contributed by atoms with E-state index in [9.17, 15) is 27.9 Å². The minimum absolute atomic E-state index is 0.351. The summed E-state index contributed by atoms with van der Waals surface area (Å²) in [6.07, 6.45) is -5.70. The highest BCUT2D eigenvalue weighted by Gasteiger charge is 2.64. The molecule has 1 heterocycles. The summed E-state index contributed by atoms with van der Waals surface area (Å²) >= 11 is 0. The van der Waals surface area contributed by atoms with E-state index in [1.807, 2.05) is 0 Å². The van der Waals surface area contributed by atoms with Crippen LogP contribution in [0.5, 0.6) is 0 Å². The van der Waals surface area contributed by atoms with Crippen molar-refractivity contribution >= 4 is 18.0 Å². The Morgan fingerprint density at radius 1 is 1.32 bits per heavy atom. The third kappa shape index (κ3) is 4.41. The molecule has 1 rings (SSSR count). The Morgan fingerprint density at radius 2 is 1.88 bits per heavy atom. The molecule has 1 atom stereocenters. The number of nitrogens with zero attached hydrogens (tertiary/aromatic N) is 2. The van der Waals surface area contributed by atoms with E-state index in [4.69, 9.17) is 4.74 Å². The highest BCUT2D eigenvalue weighted by atomic mass is 19.4. The molecule has 1 unspecified atom stereocenters. The summed E-state index contributed by atoms with van der Waals surface area (Å²) in [5.41, 5.74) is -5.68. The predicted octanol–water partition coefficient (Wildman–Crippen LogP) is 2.08. The van der Waals surface area contributed by atoms with Gasteiger partial charge in [-0.05, 0) is 27.7 Å². The zero-order chi connectivity index (χ0) is 19.6. The zero-order valence-corrected chi connectivity index (χ0v) is 14.4. The molecular weight excluding hydrogens is 347 g/mol. The van der Waals surface area contributed by atoms with Gasteiger partial charge in [-0.2, -0.15) is 13.2 Å². The van der Waals surface area contributed by atoms with Crippen LogP contribution in [-0.2, 0) is 26.9 Å². The van der Waals surface area contributed by atoms with Gasteiger partial charge in [0.15, 0.2) is 0 Å². The average molecular weight is 367 g/mol. The fourth-order valence-electron chi connectivity index (χ4n) is 1.86. The van der Waals surface area contributed by atoms with E-state index in [0.29, 0.717) is 10.8 Å². The Balaban J connectivity index is 3.23. The minimum atomic E-state index is -5.36. The second kappa shape index (κ2) is 6.90. The number of esters is 1. The first-order chi connectivity index (χ1) is 11.2. The molecule has 0 saturated heterocycles. The van der Waals surface area contributed by atoms with Crippen molar-refractivity contribution in [2.75, 3.05) is 11.9 Å². The van der Waals surface area contributed by atoms with Gasteiger partial charge in [0.25, 0.3) is 0 Å². The lowest BCUT2D eigenvalue weighted by Crippen LogP contribution is -2.51. The van der Waals surface area contributed by atoms with Gasteiger partial charge in [-0.1, -0.05) is 0 Å². The van der Waals surface area contributed by atoms with Gasteiger partial charge in [0, 0.05) is 7.05 Å². The maximum Gasteiger partial charge on any atom is 0.434 e. The summed E-state index contributed by atoms with van der Waals surface area (Å²) in [6.45, 7) is 5.73. The first-order valence-corrected chi connectivity index (χ1v) is 7.22. The van der Waals surface area contributed by atoms with Gasteiger partial charge < -0.3 is 19.1 Å². The van der Waals surface area contributed by atoms with Crippen LogP contribution in [0.15, 0.2) is 6.20 Å². The predicted molar refractivity (Wildman–Crippen MR) is 79.6 cm³/mol. The molecule has 11 heteroatoms. The number of anilines is 1. The molecule has 0 bridgehead atoms. The first-order valence-electron chi connectivity index (χ1n) is 7.22. The van der Waals surface area contributed by atoms with E-state index >= 15 is 0 Å². The van der Waals surface area contributed by atoms with E-state index < -0.39 is 35.1 Å². The molecule has 0 aliphatic rings. The van der Waals surface area contributed by atoms with Crippen molar-refractivity contribution < 1.29 is 37.3 Å². The number of aromatic nitrogens is 2. The molecule has 0 radical (unpaired) electrons. The van der Waals surface area contributed by atoms with Gasteiger partial charge in [0.1, 0.15) is 5.60 Å². The molecule has 0 saturated carbocycles. The summed E-state index contributed by atoms with van der Waals surface area (Å²) in [5.74, 6) is -2.24. The quantitative estimate of drug-likeness (QED) is 0.790. The molecule has 142 valence electrons. The number of rotatable bonds is 4. The van der Waals surface area contributed by atoms with Gasteiger partial charge in [-0.15, -0.1) is 0 Å². The van der Waals surface area contributed by atoms with Crippen LogP contribution in [0, 0.1) is 0 Å². The summed E-state index contributed by atoms with van der Waals surface area (Å²) in [5, 5.41) is 12.2. The van der Waals surface area contributed by atoms with Crippen molar-refractivity contribution in [1.29, 1.82) is 0 Å². The van der Waals surface area contributed by atoms with Crippen molar-refractivity contribution in [3.63, 3.8) is 0 Å². The molecule has 0 aromatic carbocycles. The molecule has 2 N–H and O–H groups in total. The van der Waals surface area contributed by atoms with Crippen LogP contribution in [0.2, 0.25) is 0 Å². The average Bonchev–Trinajstić information content (AvgIpc) is 2.76. The molecule has 1 aromatic heterocycles. The molecular formula is C14H20F3N3O5. The van der Waals surface area contributed by atoms with Gasteiger partial charge in [-0.25, -0.2) is 14.6 Å². The fourth-order valence-corrected chi connectivity index (χ4v) is 1.86. The lowest BCUT2D eigenvalue weighted by atomic mass is 9.99. The number of aliphatic hydroxyl groups is 1. The number of alkyl halides is 3. The van der Waals surface area contributed by atoms with Crippen LogP contribution in [0.1, 0.15) is 33.4 Å². The van der Waals surface area contributed by atoms with Crippen LogP contribution >= 0.6 is 0 Å². The lowest BCUT2D eigenvalue weighted by Gasteiger charge is -2.28. The van der Waals surface area contributed by atoms with Gasteiger partial charge in [0.2, 0.25) is 5.95 Å². The third-order valence-electron chi connectivity index (χ3n) is 2.95. The maximum absolute atomic E-state index is 13.3. The van der Waals surface area contributed by atoms with Crippen LogP contribution in [-0.4, -0.2) is 45.1 Å². The Hall–Kier alpha value is -2.30. The highest BCUT2D eigenvalue weighted by molar-refractivity contribution is 5.84. The number of hydrogen-bond donors (Lipinski definition) is 2. The van der Waals surface area contributed by atoms with Crippen LogP contribution in [0.4, 0.5) is 23.9 Å². The molecule has 8 nitrogen and oxygen atoms in total. The van der Waals surface area contributed by atoms with Crippen molar-refractivity contribution in [3.05, 3.63) is 11.9 Å². The second-order valence-electron chi connectivity index (χ2n) is 6.08. The van der Waals surface area contributed by atoms with Crippen molar-refractivity contribution in [2.45, 2.75) is 45.1 Å². The lowest BCUT2D eigenvalue weighted by molar-refractivity contribution is -0.269. The standard InChI is InChI=1S/C14H20F3N3O5/c1-6-24-9(21)13(23,14(15,16)17)8-7-18-10(20(8)5)19-11(22)25-12(2,3)4/h7,23H,6H2,1-5H3,(H,18,19,22). The summed E-state index contributed by atoms with van der Waals surface area (Å²) in [6, 6.07) is 0. The number of imidazole rings is 1. The van der Waals surface area contributed by atoms with E-state index in [1.165, 1.54) is 6.92 Å². The number of hydrogen-bond acceptors (Lipinski definition) is 6. The Bertz CT molecular complexity index is 651. The normalized spacial score (nSPS) is 14.6. The Kier molecular flexibility index (Phi) is 5.73. The van der Waals surface area contributed by atoms with Gasteiger partial charge in [-0.3, -0.25) is 5.32 Å². The molecule has 25 heavy (non-hydrogen) atoms. The van der Waals surface area contributed by atoms with Crippen molar-refractivity contribution in [3.8, 4) is 0 Å². The monoisotopic (exact) mass is 367 g/mol. The number of carbonyl (C=O) groups excluding carboxylic acids is 2. The van der Waals surface area contributed by atoms with Gasteiger partial charge >= 0.3 is 23.8 Å². The number of amides is 1. The number of ether oxygens (including phenoxy) is 2. The highest BCUT2D eigenvalue weighted by Crippen LogP contribution is 2.40. The Morgan fingerprint density at radius 3 is 2.32 bits per heavy atom. The molecule has 0 fully saturated rings. The number of nitrogens with one attached hydrogen (secondary N) is 1. The van der Waals surface area contributed by atoms with E-state index in [2.05, 4.69) is 15.0 Å². The maximum atomic E-state index is 13.3. The summed E-state index contributed by atoms with van der Waals surface area (Å²) in [4.78, 5) is 27.0. The number of halogens is 3. The van der Waals surface area contributed by atoms with Crippen LogP contribution < -0.4 is 5.32 Å². The SMILES string of the molecule is CCOC(=O)C(O)(c1cnc(NC(=O)OC(C)(C)C)n1C)C(F)(F)F.